The highest BCUT2D eigenvalue weighted by molar-refractivity contribution is 7.15. The van der Waals surface area contributed by atoms with Crippen LogP contribution in [-0.2, 0) is 11.2 Å². The van der Waals surface area contributed by atoms with Gasteiger partial charge < -0.3 is 14.5 Å². The lowest BCUT2D eigenvalue weighted by molar-refractivity contribution is -0.133. The van der Waals surface area contributed by atoms with E-state index in [4.69, 9.17) is 4.74 Å². The molecule has 1 aliphatic heterocycles. The zero-order chi connectivity index (χ0) is 16.9. The Hall–Kier alpha value is -2.15. The molecule has 24 heavy (non-hydrogen) atoms. The van der Waals surface area contributed by atoms with Gasteiger partial charge in [0.25, 0.3) is 5.91 Å². The minimum absolute atomic E-state index is 0.0361. The second-order valence-electron chi connectivity index (χ2n) is 5.72. The number of aryl methyl sites for hydroxylation is 2. The van der Waals surface area contributed by atoms with Crippen LogP contribution in [0.2, 0.25) is 0 Å². The Kier molecular flexibility index (Phi) is 5.30. The maximum absolute atomic E-state index is 12.4. The first-order valence-corrected chi connectivity index (χ1v) is 9.02. The van der Waals surface area contributed by atoms with Crippen molar-refractivity contribution in [2.45, 2.75) is 20.3 Å². The van der Waals surface area contributed by atoms with Crippen LogP contribution in [0, 0.1) is 6.92 Å². The first-order valence-electron chi connectivity index (χ1n) is 8.21. The van der Waals surface area contributed by atoms with Crippen molar-refractivity contribution < 1.29 is 9.53 Å². The molecule has 0 N–H and O–H groups in total. The van der Waals surface area contributed by atoms with Crippen molar-refractivity contribution in [1.82, 2.24) is 15.1 Å². The minimum atomic E-state index is 0.0361. The third-order valence-electron chi connectivity index (χ3n) is 4.12. The number of anilines is 1. The van der Waals surface area contributed by atoms with E-state index in [0.717, 1.165) is 41.0 Å². The molecule has 1 aromatic heterocycles. The quantitative estimate of drug-likeness (QED) is 0.830. The van der Waals surface area contributed by atoms with Crippen molar-refractivity contribution in [2.24, 2.45) is 0 Å². The van der Waals surface area contributed by atoms with Gasteiger partial charge in [-0.25, -0.2) is 0 Å². The molecule has 0 spiro atoms. The summed E-state index contributed by atoms with van der Waals surface area (Å²) in [5.41, 5.74) is 1.13. The smallest absolute Gasteiger partial charge is 0.260 e. The predicted octanol–water partition coefficient (Wildman–Crippen LogP) is 2.14. The molecule has 0 radical (unpaired) electrons. The predicted molar refractivity (Wildman–Crippen MR) is 94.8 cm³/mol. The zero-order valence-electron chi connectivity index (χ0n) is 14.1. The van der Waals surface area contributed by atoms with Crippen LogP contribution in [-0.4, -0.2) is 53.8 Å². The summed E-state index contributed by atoms with van der Waals surface area (Å²) in [5, 5.41) is 10.1. The fraction of sp³-hybridized carbons (Fsp3) is 0.471. The van der Waals surface area contributed by atoms with Crippen molar-refractivity contribution >= 4 is 22.4 Å². The lowest BCUT2D eigenvalue weighted by Gasteiger charge is -2.34. The molecule has 0 bridgehead atoms. The Morgan fingerprint density at radius 2 is 1.96 bits per heavy atom. The summed E-state index contributed by atoms with van der Waals surface area (Å²) >= 11 is 1.59. The van der Waals surface area contributed by atoms with Crippen LogP contribution in [0.5, 0.6) is 5.75 Å². The Balaban J connectivity index is 1.50. The number of ether oxygens (including phenoxy) is 1. The van der Waals surface area contributed by atoms with Gasteiger partial charge >= 0.3 is 0 Å². The number of aromatic nitrogens is 2. The molecular weight excluding hydrogens is 324 g/mol. The number of rotatable bonds is 5. The van der Waals surface area contributed by atoms with Gasteiger partial charge in [-0.3, -0.25) is 4.79 Å². The lowest BCUT2D eigenvalue weighted by atomic mass is 10.1. The number of benzene rings is 1. The molecule has 2 heterocycles. The summed E-state index contributed by atoms with van der Waals surface area (Å²) in [6, 6.07) is 7.87. The summed E-state index contributed by atoms with van der Waals surface area (Å²) in [6.45, 7) is 7.07. The van der Waals surface area contributed by atoms with Crippen LogP contribution in [0.4, 0.5) is 5.13 Å². The molecule has 1 aromatic carbocycles. The molecule has 0 unspecified atom stereocenters. The van der Waals surface area contributed by atoms with Crippen LogP contribution in [0.3, 0.4) is 0 Å². The molecule has 2 aromatic rings. The van der Waals surface area contributed by atoms with Crippen LogP contribution in [0.25, 0.3) is 0 Å². The van der Waals surface area contributed by atoms with E-state index < -0.39 is 0 Å². The van der Waals surface area contributed by atoms with E-state index in [1.165, 1.54) is 0 Å². The maximum atomic E-state index is 12.4. The lowest BCUT2D eigenvalue weighted by Crippen LogP contribution is -2.50. The molecule has 1 saturated heterocycles. The Bertz CT molecular complexity index is 695. The molecular formula is C17H22N4O2S. The minimum Gasteiger partial charge on any atom is -0.483 e. The van der Waals surface area contributed by atoms with Gasteiger partial charge in [-0.1, -0.05) is 36.5 Å². The van der Waals surface area contributed by atoms with E-state index in [9.17, 15) is 4.79 Å². The highest BCUT2D eigenvalue weighted by Gasteiger charge is 2.23. The van der Waals surface area contributed by atoms with Gasteiger partial charge in [0.2, 0.25) is 5.13 Å². The fourth-order valence-corrected chi connectivity index (χ4v) is 3.47. The molecule has 0 aliphatic carbocycles. The number of para-hydroxylation sites is 1. The van der Waals surface area contributed by atoms with Crippen LogP contribution >= 0.6 is 11.3 Å². The van der Waals surface area contributed by atoms with Crippen LogP contribution < -0.4 is 9.64 Å². The van der Waals surface area contributed by atoms with E-state index in [2.05, 4.69) is 22.0 Å². The van der Waals surface area contributed by atoms with E-state index in [1.807, 2.05) is 36.1 Å². The summed E-state index contributed by atoms with van der Waals surface area (Å²) in [7, 11) is 0. The SMILES string of the molecule is CCc1ccccc1OCC(=O)N1CCN(c2nnc(C)s2)CC1. The molecule has 0 atom stereocenters. The number of amides is 1. The topological polar surface area (TPSA) is 58.6 Å². The molecule has 7 heteroatoms. The standard InChI is InChI=1S/C17H22N4O2S/c1-3-14-6-4-5-7-15(14)23-12-16(22)20-8-10-21(11-9-20)17-19-18-13(2)24-17/h4-7H,3,8-12H2,1-2H3. The Labute approximate surface area is 146 Å². The zero-order valence-corrected chi connectivity index (χ0v) is 14.9. The third kappa shape index (κ3) is 3.84. The average Bonchev–Trinajstić information content (AvgIpc) is 3.06. The largest absolute Gasteiger partial charge is 0.483 e. The van der Waals surface area contributed by atoms with Gasteiger partial charge in [-0.05, 0) is 25.0 Å². The molecule has 1 aliphatic rings. The molecule has 6 nitrogen and oxygen atoms in total. The molecule has 128 valence electrons. The number of carbonyl (C=O) groups excluding carboxylic acids is 1. The highest BCUT2D eigenvalue weighted by Crippen LogP contribution is 2.21. The first-order chi connectivity index (χ1) is 11.7. The van der Waals surface area contributed by atoms with Gasteiger partial charge in [-0.2, -0.15) is 0 Å². The van der Waals surface area contributed by atoms with Gasteiger partial charge in [0.1, 0.15) is 10.8 Å². The average molecular weight is 346 g/mol. The van der Waals surface area contributed by atoms with Gasteiger partial charge in [0.15, 0.2) is 6.61 Å². The summed E-state index contributed by atoms with van der Waals surface area (Å²) < 4.78 is 5.73. The molecule has 1 amide bonds. The van der Waals surface area contributed by atoms with Crippen LogP contribution in [0.1, 0.15) is 17.5 Å². The second kappa shape index (κ2) is 7.61. The van der Waals surface area contributed by atoms with E-state index in [0.29, 0.717) is 13.1 Å². The van der Waals surface area contributed by atoms with E-state index in [-0.39, 0.29) is 12.5 Å². The maximum Gasteiger partial charge on any atom is 0.260 e. The highest BCUT2D eigenvalue weighted by atomic mass is 32.1. The molecule has 3 rings (SSSR count). The van der Waals surface area contributed by atoms with Crippen molar-refractivity contribution in [3.63, 3.8) is 0 Å². The van der Waals surface area contributed by atoms with Crippen molar-refractivity contribution in [3.8, 4) is 5.75 Å². The summed E-state index contributed by atoms with van der Waals surface area (Å²) in [4.78, 5) is 16.4. The summed E-state index contributed by atoms with van der Waals surface area (Å²) in [5.74, 6) is 0.838. The monoisotopic (exact) mass is 346 g/mol. The summed E-state index contributed by atoms with van der Waals surface area (Å²) in [6.07, 6.45) is 0.893. The normalized spacial score (nSPS) is 14.8. The second-order valence-corrected chi connectivity index (χ2v) is 6.88. The number of hydrogen-bond donors (Lipinski definition) is 0. The first kappa shape index (κ1) is 16.7. The Morgan fingerprint density at radius 3 is 2.62 bits per heavy atom. The Morgan fingerprint density at radius 1 is 1.21 bits per heavy atom. The molecule has 0 saturated carbocycles. The van der Waals surface area contributed by atoms with Gasteiger partial charge in [0.05, 0.1) is 0 Å². The van der Waals surface area contributed by atoms with Gasteiger partial charge in [0, 0.05) is 26.2 Å². The van der Waals surface area contributed by atoms with Crippen molar-refractivity contribution in [3.05, 3.63) is 34.8 Å². The number of piperazine rings is 1. The van der Waals surface area contributed by atoms with Gasteiger partial charge in [-0.15, -0.1) is 10.2 Å². The van der Waals surface area contributed by atoms with Crippen molar-refractivity contribution in [1.29, 1.82) is 0 Å². The molecule has 1 fully saturated rings. The van der Waals surface area contributed by atoms with E-state index in [1.54, 1.807) is 11.3 Å². The fourth-order valence-electron chi connectivity index (χ4n) is 2.73. The van der Waals surface area contributed by atoms with E-state index >= 15 is 0 Å². The number of hydrogen-bond acceptors (Lipinski definition) is 6. The third-order valence-corrected chi connectivity index (χ3v) is 5.02. The van der Waals surface area contributed by atoms with Crippen molar-refractivity contribution in [2.75, 3.05) is 37.7 Å². The number of nitrogens with zero attached hydrogens (tertiary/aromatic N) is 4. The number of carbonyl (C=O) groups is 1. The van der Waals surface area contributed by atoms with Crippen LogP contribution in [0.15, 0.2) is 24.3 Å².